The number of amides is 1. The van der Waals surface area contributed by atoms with Gasteiger partial charge in [0.25, 0.3) is 0 Å². The Balaban J connectivity index is 2.30. The summed E-state index contributed by atoms with van der Waals surface area (Å²) in [5.74, 6) is -1.77. The summed E-state index contributed by atoms with van der Waals surface area (Å²) in [4.78, 5) is 35.6. The Bertz CT molecular complexity index is 586. The van der Waals surface area contributed by atoms with Crippen molar-refractivity contribution < 1.29 is 33.7 Å². The zero-order valence-corrected chi connectivity index (χ0v) is 13.4. The molecule has 0 radical (unpaired) electrons. The van der Waals surface area contributed by atoms with Crippen LogP contribution in [0.15, 0.2) is 24.0 Å². The molecular formula is C15H20N2O7. The van der Waals surface area contributed by atoms with Gasteiger partial charge >= 0.3 is 11.9 Å². The molecule has 3 N–H and O–H groups in total. The summed E-state index contributed by atoms with van der Waals surface area (Å²) in [6.45, 7) is 1.99. The molecule has 0 aromatic rings. The fourth-order valence-corrected chi connectivity index (χ4v) is 2.65. The van der Waals surface area contributed by atoms with Crippen molar-refractivity contribution >= 4 is 17.8 Å². The molecule has 9 nitrogen and oxygen atoms in total. The molecule has 0 bridgehead atoms. The summed E-state index contributed by atoms with van der Waals surface area (Å²) >= 11 is 0. The normalized spacial score (nSPS) is 29.1. The van der Waals surface area contributed by atoms with E-state index in [-0.39, 0.29) is 0 Å². The number of aliphatic hydroxyl groups is 1. The summed E-state index contributed by atoms with van der Waals surface area (Å²) < 4.78 is 16.1. The van der Waals surface area contributed by atoms with Crippen molar-refractivity contribution in [2.75, 3.05) is 6.61 Å². The number of hydrogen-bond donors (Lipinski definition) is 2. The number of aliphatic hydroxyl groups excluding tert-OH is 1. The van der Waals surface area contributed by atoms with Crippen molar-refractivity contribution in [2.45, 2.75) is 44.8 Å². The average Bonchev–Trinajstić information content (AvgIpc) is 2.84. The Morgan fingerprint density at radius 2 is 1.92 bits per heavy atom. The van der Waals surface area contributed by atoms with Gasteiger partial charge in [-0.25, -0.2) is 0 Å². The van der Waals surface area contributed by atoms with Gasteiger partial charge in [-0.05, 0) is 6.42 Å². The first kappa shape index (κ1) is 18.0. The third-order valence-corrected chi connectivity index (χ3v) is 3.60. The van der Waals surface area contributed by atoms with Gasteiger partial charge in [0.15, 0.2) is 18.4 Å². The van der Waals surface area contributed by atoms with E-state index in [0.29, 0.717) is 12.0 Å². The van der Waals surface area contributed by atoms with E-state index in [2.05, 4.69) is 0 Å². The number of rotatable bonds is 5. The number of carbonyl (C=O) groups is 3. The van der Waals surface area contributed by atoms with Gasteiger partial charge in [0.2, 0.25) is 5.91 Å². The smallest absolute Gasteiger partial charge is 0.303 e. The molecule has 2 heterocycles. The highest BCUT2D eigenvalue weighted by atomic mass is 16.6. The molecule has 1 saturated heterocycles. The number of nitrogens with two attached hydrogens (primary N) is 1. The van der Waals surface area contributed by atoms with Gasteiger partial charge in [-0.1, -0.05) is 6.08 Å². The number of nitrogens with zero attached hydrogens (tertiary/aromatic N) is 1. The van der Waals surface area contributed by atoms with Crippen LogP contribution in [0.25, 0.3) is 0 Å². The summed E-state index contributed by atoms with van der Waals surface area (Å²) in [7, 11) is 0. The standard InChI is InChI=1S/C15H20N2O7/c1-8(19)22-12-11(7-18)24-15(13(12)23-9(2)20)17-5-3-4-10(6-17)14(16)21/h3,5-6,11-13,15,18H,4,7H2,1-2H3,(H2,16,21)/t11-,12?,13+,15-/m1/s1. The highest BCUT2D eigenvalue weighted by Crippen LogP contribution is 2.31. The largest absolute Gasteiger partial charge is 0.456 e. The Kier molecular flexibility index (Phi) is 5.58. The van der Waals surface area contributed by atoms with Crippen LogP contribution in [0.5, 0.6) is 0 Å². The molecule has 2 aliphatic heterocycles. The number of ether oxygens (including phenoxy) is 3. The van der Waals surface area contributed by atoms with Crippen LogP contribution in [0, 0.1) is 0 Å². The molecule has 1 unspecified atom stereocenters. The van der Waals surface area contributed by atoms with Crippen LogP contribution in [-0.2, 0) is 28.6 Å². The predicted octanol–water partition coefficient (Wildman–Crippen LogP) is -0.844. The molecule has 0 saturated carbocycles. The summed E-state index contributed by atoms with van der Waals surface area (Å²) in [6.07, 6.45) is 1.49. The van der Waals surface area contributed by atoms with Gasteiger partial charge in [0.05, 0.1) is 6.61 Å². The molecule has 132 valence electrons. The minimum atomic E-state index is -0.975. The van der Waals surface area contributed by atoms with Crippen LogP contribution in [0.3, 0.4) is 0 Å². The number of carbonyl (C=O) groups excluding carboxylic acids is 3. The van der Waals surface area contributed by atoms with Gasteiger partial charge in [-0.3, -0.25) is 14.4 Å². The second-order valence-electron chi connectivity index (χ2n) is 5.45. The lowest BCUT2D eigenvalue weighted by Gasteiger charge is -2.30. The monoisotopic (exact) mass is 340 g/mol. The molecule has 0 aromatic carbocycles. The summed E-state index contributed by atoms with van der Waals surface area (Å²) in [5, 5.41) is 9.47. The first-order valence-corrected chi connectivity index (χ1v) is 7.38. The van der Waals surface area contributed by atoms with Crippen LogP contribution in [0.2, 0.25) is 0 Å². The lowest BCUT2D eigenvalue weighted by atomic mass is 10.1. The first-order valence-electron chi connectivity index (χ1n) is 7.38. The Morgan fingerprint density at radius 3 is 2.46 bits per heavy atom. The lowest BCUT2D eigenvalue weighted by molar-refractivity contribution is -0.166. The predicted molar refractivity (Wildman–Crippen MR) is 79.7 cm³/mol. The second-order valence-corrected chi connectivity index (χ2v) is 5.45. The van der Waals surface area contributed by atoms with Crippen LogP contribution >= 0.6 is 0 Å². The highest BCUT2D eigenvalue weighted by Gasteiger charge is 2.50. The van der Waals surface area contributed by atoms with Crippen LogP contribution in [0.4, 0.5) is 0 Å². The number of primary amides is 1. The molecule has 0 spiro atoms. The maximum atomic E-state index is 11.4. The zero-order chi connectivity index (χ0) is 17.9. The summed E-state index contributed by atoms with van der Waals surface area (Å²) in [5.41, 5.74) is 5.63. The quantitative estimate of drug-likeness (QED) is 0.620. The van der Waals surface area contributed by atoms with Gasteiger partial charge in [0, 0.05) is 31.8 Å². The third kappa shape index (κ3) is 3.92. The Labute approximate surface area is 138 Å². The maximum absolute atomic E-state index is 11.4. The molecule has 1 fully saturated rings. The first-order chi connectivity index (χ1) is 11.3. The van der Waals surface area contributed by atoms with E-state index >= 15 is 0 Å². The van der Waals surface area contributed by atoms with Crippen molar-refractivity contribution in [1.82, 2.24) is 4.90 Å². The van der Waals surface area contributed by atoms with Gasteiger partial charge in [-0.2, -0.15) is 0 Å². The lowest BCUT2D eigenvalue weighted by Crippen LogP contribution is -2.44. The molecular weight excluding hydrogens is 320 g/mol. The van der Waals surface area contributed by atoms with E-state index in [9.17, 15) is 19.5 Å². The van der Waals surface area contributed by atoms with E-state index in [4.69, 9.17) is 19.9 Å². The van der Waals surface area contributed by atoms with Gasteiger partial charge < -0.3 is 30.0 Å². The molecule has 4 atom stereocenters. The van der Waals surface area contributed by atoms with E-state index in [0.717, 1.165) is 0 Å². The van der Waals surface area contributed by atoms with Crippen molar-refractivity contribution in [2.24, 2.45) is 5.73 Å². The van der Waals surface area contributed by atoms with Crippen molar-refractivity contribution in [3.63, 3.8) is 0 Å². The molecule has 1 amide bonds. The van der Waals surface area contributed by atoms with E-state index < -0.39 is 49.0 Å². The molecule has 0 aromatic heterocycles. The minimum Gasteiger partial charge on any atom is -0.456 e. The van der Waals surface area contributed by atoms with Crippen molar-refractivity contribution in [3.8, 4) is 0 Å². The van der Waals surface area contributed by atoms with E-state index in [1.165, 1.54) is 24.9 Å². The van der Waals surface area contributed by atoms with Gasteiger partial charge in [0.1, 0.15) is 6.10 Å². The Morgan fingerprint density at radius 1 is 1.29 bits per heavy atom. The van der Waals surface area contributed by atoms with Crippen LogP contribution in [0.1, 0.15) is 20.3 Å². The molecule has 24 heavy (non-hydrogen) atoms. The van der Waals surface area contributed by atoms with Crippen molar-refractivity contribution in [1.29, 1.82) is 0 Å². The van der Waals surface area contributed by atoms with E-state index in [1.54, 1.807) is 12.3 Å². The van der Waals surface area contributed by atoms with E-state index in [1.807, 2.05) is 0 Å². The minimum absolute atomic E-state index is 0.346. The second kappa shape index (κ2) is 7.45. The number of allylic oxidation sites excluding steroid dienone is 1. The summed E-state index contributed by atoms with van der Waals surface area (Å²) in [6, 6.07) is 0. The zero-order valence-electron chi connectivity index (χ0n) is 13.4. The molecule has 2 aliphatic rings. The van der Waals surface area contributed by atoms with Crippen molar-refractivity contribution in [3.05, 3.63) is 24.0 Å². The highest BCUT2D eigenvalue weighted by molar-refractivity contribution is 5.92. The SMILES string of the molecule is CC(=O)OC1[C@@H](CO)O[C@@H](N2C=CCC(C(N)=O)=C2)[C@H]1OC(C)=O. The molecule has 0 aliphatic carbocycles. The number of esters is 2. The fraction of sp³-hybridized carbons (Fsp3) is 0.533. The van der Waals surface area contributed by atoms with Crippen LogP contribution < -0.4 is 5.73 Å². The molecule has 9 heteroatoms. The average molecular weight is 340 g/mol. The number of hydrogen-bond acceptors (Lipinski definition) is 8. The topological polar surface area (TPSA) is 128 Å². The Hall–Kier alpha value is -2.39. The maximum Gasteiger partial charge on any atom is 0.303 e. The third-order valence-electron chi connectivity index (χ3n) is 3.60. The fourth-order valence-electron chi connectivity index (χ4n) is 2.65. The van der Waals surface area contributed by atoms with Crippen LogP contribution in [-0.4, -0.2) is 59.0 Å². The van der Waals surface area contributed by atoms with Gasteiger partial charge in [-0.15, -0.1) is 0 Å². The molecule has 2 rings (SSSR count).